The largest absolute Gasteiger partial charge is 0.472 e. The predicted molar refractivity (Wildman–Crippen MR) is 458 cm³/mol. The SMILES string of the molecule is CCCCCC/C=C\CCCCCCCCCC(=O)OCC(COP(=O)(O)OC1C(OC2OC(CO)C(O)C(O)C2O)C(O)C(O)C(OC(=O)CCCCC/C=C\CCCCCCCC)C1OC1OC(COC(=O)CCCCCCCCC/C=C\CCCCCC)C(O)C(O)C1O)OC(=O)CCCCCCCCCCCCCCCCCC. The van der Waals surface area contributed by atoms with Crippen molar-refractivity contribution in [2.45, 2.75) is 498 Å². The number of carbonyl (C=O) groups excluding carboxylic acids is 4. The summed E-state index contributed by atoms with van der Waals surface area (Å²) in [6.45, 7) is 5.55. The zero-order chi connectivity index (χ0) is 86.1. The zero-order valence-corrected chi connectivity index (χ0v) is 74.4. The molecule has 0 aromatic carbocycles. The fourth-order valence-corrected chi connectivity index (χ4v) is 16.3. The maximum Gasteiger partial charge on any atom is 0.472 e. The Morgan fingerprint density at radius 2 is 0.636 bits per heavy atom. The van der Waals surface area contributed by atoms with Crippen molar-refractivity contribution in [2.75, 3.05) is 26.4 Å². The molecule has 0 bridgehead atoms. The highest BCUT2D eigenvalue weighted by molar-refractivity contribution is 7.47. The molecule has 0 amide bonds. The van der Waals surface area contributed by atoms with Crippen molar-refractivity contribution in [3.63, 3.8) is 0 Å². The number of allylic oxidation sites excluding steroid dienone is 6. The Morgan fingerprint density at radius 3 is 1.03 bits per heavy atom. The van der Waals surface area contributed by atoms with E-state index in [2.05, 4.69) is 64.2 Å². The second-order valence-electron chi connectivity index (χ2n) is 33.5. The van der Waals surface area contributed by atoms with E-state index in [-0.39, 0.29) is 32.1 Å². The minimum atomic E-state index is -5.81. The fourth-order valence-electron chi connectivity index (χ4n) is 15.3. The second kappa shape index (κ2) is 70.9. The van der Waals surface area contributed by atoms with Gasteiger partial charge >= 0.3 is 31.7 Å². The Balaban J connectivity index is 1.91. The zero-order valence-electron chi connectivity index (χ0n) is 73.5. The summed E-state index contributed by atoms with van der Waals surface area (Å²) in [5.41, 5.74) is 0. The first kappa shape index (κ1) is 109. The molecule has 0 radical (unpaired) electrons. The van der Waals surface area contributed by atoms with E-state index < -0.39 is 162 Å². The van der Waals surface area contributed by atoms with Gasteiger partial charge in [-0.25, -0.2) is 4.57 Å². The molecule has 2 heterocycles. The van der Waals surface area contributed by atoms with Crippen LogP contribution in [0.25, 0.3) is 0 Å². The highest BCUT2D eigenvalue weighted by Crippen LogP contribution is 2.49. The van der Waals surface area contributed by atoms with Crippen LogP contribution in [0, 0.1) is 0 Å². The number of carbonyl (C=O) groups is 4. The second-order valence-corrected chi connectivity index (χ2v) is 34.9. The van der Waals surface area contributed by atoms with Gasteiger partial charge in [0.05, 0.1) is 13.2 Å². The van der Waals surface area contributed by atoms with Crippen molar-refractivity contribution in [1.29, 1.82) is 0 Å². The monoisotopic (exact) mass is 1700 g/mol. The summed E-state index contributed by atoms with van der Waals surface area (Å²) in [5.74, 6) is -2.99. The summed E-state index contributed by atoms with van der Waals surface area (Å²) < 4.78 is 73.4. The molecule has 3 fully saturated rings. The van der Waals surface area contributed by atoms with Crippen molar-refractivity contribution in [2.24, 2.45) is 0 Å². The van der Waals surface area contributed by atoms with E-state index >= 15 is 0 Å². The molecule has 10 N–H and O–H groups in total. The summed E-state index contributed by atoms with van der Waals surface area (Å²) in [6, 6.07) is 0. The summed E-state index contributed by atoms with van der Waals surface area (Å²) >= 11 is 0. The maximum atomic E-state index is 14.9. The maximum absolute atomic E-state index is 14.9. The summed E-state index contributed by atoms with van der Waals surface area (Å²) in [6.07, 6.45) is 32.8. The van der Waals surface area contributed by atoms with Crippen LogP contribution in [0.2, 0.25) is 0 Å². The number of rotatable bonds is 76. The van der Waals surface area contributed by atoms with Gasteiger partial charge in [0.1, 0.15) is 92.6 Å². The van der Waals surface area contributed by atoms with Crippen LogP contribution in [0.15, 0.2) is 36.5 Å². The Kier molecular flexibility index (Phi) is 65.4. The van der Waals surface area contributed by atoms with Crippen LogP contribution in [0.4, 0.5) is 0 Å². The Morgan fingerprint density at radius 1 is 0.331 bits per heavy atom. The molecule has 25 nitrogen and oxygen atoms in total. The Bertz CT molecular complexity index is 2600. The van der Waals surface area contributed by atoms with Gasteiger partial charge in [0, 0.05) is 25.7 Å². The third-order valence-corrected chi connectivity index (χ3v) is 23.8. The van der Waals surface area contributed by atoms with Gasteiger partial charge in [0.25, 0.3) is 0 Å². The molecule has 26 heteroatoms. The fraction of sp³-hybridized carbons (Fsp3) is 0.891. The number of ether oxygens (including phenoxy) is 8. The molecule has 1 saturated carbocycles. The van der Waals surface area contributed by atoms with Crippen LogP contribution in [0.3, 0.4) is 0 Å². The van der Waals surface area contributed by atoms with Gasteiger partial charge in [-0.05, 0) is 103 Å². The van der Waals surface area contributed by atoms with Gasteiger partial charge in [0.2, 0.25) is 0 Å². The number of hydrogen-bond acceptors (Lipinski definition) is 24. The molecule has 118 heavy (non-hydrogen) atoms. The quantitative estimate of drug-likeness (QED) is 0.00889. The third-order valence-electron chi connectivity index (χ3n) is 22.8. The molecule has 2 saturated heterocycles. The van der Waals surface area contributed by atoms with Gasteiger partial charge < -0.3 is 88.7 Å². The van der Waals surface area contributed by atoms with E-state index in [0.29, 0.717) is 32.1 Å². The lowest BCUT2D eigenvalue weighted by molar-refractivity contribution is -0.360. The van der Waals surface area contributed by atoms with E-state index in [1.165, 1.54) is 141 Å². The van der Waals surface area contributed by atoms with Crippen molar-refractivity contribution < 1.29 is 122 Å². The van der Waals surface area contributed by atoms with Crippen LogP contribution < -0.4 is 0 Å². The summed E-state index contributed by atoms with van der Waals surface area (Å²) in [4.78, 5) is 66.5. The van der Waals surface area contributed by atoms with Crippen LogP contribution in [0.1, 0.15) is 394 Å². The number of unbranched alkanes of at least 4 members (excludes halogenated alkanes) is 46. The number of hydrogen-bond donors (Lipinski definition) is 10. The molecule has 0 aromatic heterocycles. The van der Waals surface area contributed by atoms with Gasteiger partial charge in [-0.3, -0.25) is 28.2 Å². The van der Waals surface area contributed by atoms with Crippen LogP contribution in [0.5, 0.6) is 0 Å². The lowest BCUT2D eigenvalue weighted by Gasteiger charge is -2.50. The van der Waals surface area contributed by atoms with Crippen LogP contribution in [-0.4, -0.2) is 205 Å². The molecule has 18 unspecified atom stereocenters. The summed E-state index contributed by atoms with van der Waals surface area (Å²) in [5, 5.41) is 102. The van der Waals surface area contributed by atoms with E-state index in [9.17, 15) is 74.6 Å². The highest BCUT2D eigenvalue weighted by Gasteiger charge is 2.60. The van der Waals surface area contributed by atoms with Crippen LogP contribution in [-0.2, 0) is 70.7 Å². The van der Waals surface area contributed by atoms with Crippen LogP contribution >= 0.6 is 7.82 Å². The van der Waals surface area contributed by atoms with E-state index in [1.54, 1.807) is 0 Å². The molecule has 1 aliphatic carbocycles. The molecule has 690 valence electrons. The first-order chi connectivity index (χ1) is 57.2. The predicted octanol–water partition coefficient (Wildman–Crippen LogP) is 17.5. The first-order valence-electron chi connectivity index (χ1n) is 47.2. The van der Waals surface area contributed by atoms with Gasteiger partial charge in [-0.1, -0.05) is 302 Å². The minimum absolute atomic E-state index is 0.00701. The van der Waals surface area contributed by atoms with E-state index in [4.69, 9.17) is 46.9 Å². The lowest BCUT2D eigenvalue weighted by Crippen LogP contribution is -2.70. The van der Waals surface area contributed by atoms with E-state index in [0.717, 1.165) is 161 Å². The molecule has 3 aliphatic rings. The molecular formula is C92H167O25P. The van der Waals surface area contributed by atoms with Crippen molar-refractivity contribution >= 4 is 31.7 Å². The van der Waals surface area contributed by atoms with Gasteiger partial charge in [-0.15, -0.1) is 0 Å². The molecule has 18 atom stereocenters. The molecule has 2 aliphatic heterocycles. The molecule has 0 spiro atoms. The Hall–Kier alpha value is -3.31. The van der Waals surface area contributed by atoms with E-state index in [1.807, 2.05) is 0 Å². The number of phosphoric ester groups is 1. The summed E-state index contributed by atoms with van der Waals surface area (Å²) in [7, 11) is -5.81. The third kappa shape index (κ3) is 50.6. The minimum Gasteiger partial charge on any atom is -0.463 e. The average molecular weight is 1700 g/mol. The van der Waals surface area contributed by atoms with Crippen molar-refractivity contribution in [3.05, 3.63) is 36.5 Å². The normalized spacial score (nSPS) is 25.1. The van der Waals surface area contributed by atoms with Crippen molar-refractivity contribution in [3.8, 4) is 0 Å². The molecule has 3 rings (SSSR count). The van der Waals surface area contributed by atoms with Gasteiger partial charge in [0.15, 0.2) is 24.8 Å². The number of phosphoric acid groups is 1. The van der Waals surface area contributed by atoms with Crippen molar-refractivity contribution in [1.82, 2.24) is 0 Å². The number of aliphatic hydroxyl groups excluding tert-OH is 9. The molecular weight excluding hydrogens is 1540 g/mol. The molecule has 0 aromatic rings. The number of esters is 4. The topological polar surface area (TPSA) is 380 Å². The number of aliphatic hydroxyl groups is 9. The van der Waals surface area contributed by atoms with Gasteiger partial charge in [-0.2, -0.15) is 0 Å². The Labute approximate surface area is 710 Å². The average Bonchev–Trinajstić information content (AvgIpc) is 0.754. The highest BCUT2D eigenvalue weighted by atomic mass is 31.2. The standard InChI is InChI=1S/C92H167O25P/c1-5-9-13-17-21-25-29-33-36-39-43-47-50-54-58-62-66-77(96)111-72(69-108-75(94)64-60-56-52-48-44-41-37-34-30-26-22-18-14-10-6-2)70-110-118(106,107)117-90-88(115-91-85(104)81(100)79(98)73(68-93)112-91)84(103)83(102)87(114-78(97)67-63-59-55-51-46-40-32-28-24-20-16-12-8-4)89(90)116-92-86(105)82(101)80(99)74(113-92)71-109-76(95)65-61-57-53-49-45-42-38-35-31-27-23-19-15-11-7-3/h26-27,30-31,40,46,72-74,79-93,98-105H,5-25,28-29,32-39,41-45,47-71H2,1-4H3,(H,106,107)/b30-26-,31-27-,46-40-. The first-order valence-corrected chi connectivity index (χ1v) is 48.7. The smallest absolute Gasteiger partial charge is 0.463 e. The lowest BCUT2D eigenvalue weighted by atomic mass is 9.84.